The average Bonchev–Trinajstić information content (AvgIpc) is 2.24. The highest BCUT2D eigenvalue weighted by Gasteiger charge is 2.09. The summed E-state index contributed by atoms with van der Waals surface area (Å²) in [7, 11) is 3.37. The van der Waals surface area contributed by atoms with Gasteiger partial charge in [0.15, 0.2) is 0 Å². The molecule has 0 rings (SSSR count). The molecule has 1 unspecified atom stereocenters. The van der Waals surface area contributed by atoms with E-state index in [-0.39, 0.29) is 18.0 Å². The molecule has 2 N–H and O–H groups in total. The van der Waals surface area contributed by atoms with Gasteiger partial charge in [-0.15, -0.1) is 0 Å². The number of rotatable bonds is 7. The first-order chi connectivity index (χ1) is 7.97. The number of nitrogens with zero attached hydrogens (tertiary/aromatic N) is 1. The third kappa shape index (κ3) is 8.50. The van der Waals surface area contributed by atoms with Gasteiger partial charge >= 0.3 is 12.0 Å². The summed E-state index contributed by atoms with van der Waals surface area (Å²) in [6, 6.07) is -0.0739. The lowest BCUT2D eigenvalue weighted by atomic mass is 10.2. The molecule has 1 atom stereocenters. The molecule has 0 radical (unpaired) electrons. The molecule has 0 aromatic carbocycles. The summed E-state index contributed by atoms with van der Waals surface area (Å²) in [5.74, 6) is -0.204. The van der Waals surface area contributed by atoms with Crippen LogP contribution >= 0.6 is 0 Å². The van der Waals surface area contributed by atoms with Gasteiger partial charge in [0.1, 0.15) is 0 Å². The molecule has 0 aliphatic rings. The maximum atomic E-state index is 11.2. The van der Waals surface area contributed by atoms with Crippen molar-refractivity contribution in [2.75, 3.05) is 33.8 Å². The molecule has 0 saturated carbocycles. The lowest BCUT2D eigenvalue weighted by Crippen LogP contribution is -2.40. The van der Waals surface area contributed by atoms with Crippen molar-refractivity contribution in [3.63, 3.8) is 0 Å². The molecule has 100 valence electrons. The van der Waals surface area contributed by atoms with Crippen LogP contribution in [0.4, 0.5) is 4.79 Å². The van der Waals surface area contributed by atoms with Gasteiger partial charge in [-0.3, -0.25) is 4.79 Å². The monoisotopic (exact) mass is 245 g/mol. The standard InChI is InChI=1S/C11H23N3O3/c1-5-17-10(15)8-9(2)12-6-7-13-11(16)14(3)4/h9,12H,5-8H2,1-4H3,(H,13,16). The summed E-state index contributed by atoms with van der Waals surface area (Å²) >= 11 is 0. The molecule has 2 amide bonds. The van der Waals surface area contributed by atoms with Crippen molar-refractivity contribution in [1.29, 1.82) is 0 Å². The van der Waals surface area contributed by atoms with E-state index < -0.39 is 0 Å². The summed E-state index contributed by atoms with van der Waals surface area (Å²) in [5.41, 5.74) is 0. The lowest BCUT2D eigenvalue weighted by molar-refractivity contribution is -0.143. The smallest absolute Gasteiger partial charge is 0.316 e. The van der Waals surface area contributed by atoms with E-state index in [1.165, 1.54) is 4.90 Å². The highest BCUT2D eigenvalue weighted by atomic mass is 16.5. The SMILES string of the molecule is CCOC(=O)CC(C)NCCNC(=O)N(C)C. The van der Waals surface area contributed by atoms with Crippen molar-refractivity contribution >= 4 is 12.0 Å². The van der Waals surface area contributed by atoms with Crippen molar-refractivity contribution in [2.45, 2.75) is 26.3 Å². The number of hydrogen-bond acceptors (Lipinski definition) is 4. The lowest BCUT2D eigenvalue weighted by Gasteiger charge is -2.15. The molecule has 6 heteroatoms. The van der Waals surface area contributed by atoms with Crippen LogP contribution in [0.5, 0.6) is 0 Å². The third-order valence-corrected chi connectivity index (χ3v) is 2.08. The third-order valence-electron chi connectivity index (χ3n) is 2.08. The highest BCUT2D eigenvalue weighted by molar-refractivity contribution is 5.73. The van der Waals surface area contributed by atoms with Crippen molar-refractivity contribution in [3.8, 4) is 0 Å². The Morgan fingerprint density at radius 2 is 1.94 bits per heavy atom. The van der Waals surface area contributed by atoms with E-state index in [1.54, 1.807) is 21.0 Å². The Morgan fingerprint density at radius 1 is 1.29 bits per heavy atom. The minimum Gasteiger partial charge on any atom is -0.466 e. The van der Waals surface area contributed by atoms with Crippen molar-refractivity contribution in [2.24, 2.45) is 0 Å². The number of hydrogen-bond donors (Lipinski definition) is 2. The van der Waals surface area contributed by atoms with Crippen LogP contribution in [-0.4, -0.2) is 56.7 Å². The second-order valence-corrected chi connectivity index (χ2v) is 3.99. The molecule has 0 aromatic heterocycles. The zero-order valence-corrected chi connectivity index (χ0v) is 11.1. The van der Waals surface area contributed by atoms with Crippen LogP contribution in [0, 0.1) is 0 Å². The van der Waals surface area contributed by atoms with Crippen LogP contribution in [0.15, 0.2) is 0 Å². The Bertz CT molecular complexity index is 244. The summed E-state index contributed by atoms with van der Waals surface area (Å²) in [5, 5.41) is 5.86. The molecule has 17 heavy (non-hydrogen) atoms. The quantitative estimate of drug-likeness (QED) is 0.496. The molecule has 0 fully saturated rings. The minimum absolute atomic E-state index is 0.0466. The van der Waals surface area contributed by atoms with Crippen molar-refractivity contribution < 1.29 is 14.3 Å². The van der Waals surface area contributed by atoms with Crippen LogP contribution in [0.2, 0.25) is 0 Å². The van der Waals surface area contributed by atoms with E-state index in [0.29, 0.717) is 26.1 Å². The Hall–Kier alpha value is -1.30. The van der Waals surface area contributed by atoms with Gasteiger partial charge in [0.05, 0.1) is 13.0 Å². The first-order valence-corrected chi connectivity index (χ1v) is 5.81. The Kier molecular flexibility index (Phi) is 8.13. The minimum atomic E-state index is -0.204. The summed E-state index contributed by atoms with van der Waals surface area (Å²) in [6.45, 7) is 5.26. The fraction of sp³-hybridized carbons (Fsp3) is 0.818. The first-order valence-electron chi connectivity index (χ1n) is 5.81. The number of ether oxygens (including phenoxy) is 1. The maximum absolute atomic E-state index is 11.2. The second kappa shape index (κ2) is 8.81. The van der Waals surface area contributed by atoms with Crippen LogP contribution in [-0.2, 0) is 9.53 Å². The normalized spacial score (nSPS) is 11.8. The Morgan fingerprint density at radius 3 is 2.47 bits per heavy atom. The van der Waals surface area contributed by atoms with Crippen LogP contribution < -0.4 is 10.6 Å². The molecule has 0 aromatic rings. The zero-order valence-electron chi connectivity index (χ0n) is 11.1. The predicted molar refractivity (Wildman–Crippen MR) is 65.8 cm³/mol. The van der Waals surface area contributed by atoms with Crippen LogP contribution in [0.3, 0.4) is 0 Å². The van der Waals surface area contributed by atoms with Gasteiger partial charge < -0.3 is 20.3 Å². The molecule has 0 aliphatic carbocycles. The van der Waals surface area contributed by atoms with E-state index in [1.807, 2.05) is 6.92 Å². The van der Waals surface area contributed by atoms with Crippen molar-refractivity contribution in [1.82, 2.24) is 15.5 Å². The first kappa shape index (κ1) is 15.7. The van der Waals surface area contributed by atoms with Gasteiger partial charge in [0.25, 0.3) is 0 Å². The Balaban J connectivity index is 3.54. The van der Waals surface area contributed by atoms with Gasteiger partial charge in [0.2, 0.25) is 0 Å². The van der Waals surface area contributed by atoms with Gasteiger partial charge in [-0.1, -0.05) is 0 Å². The number of carbonyl (C=O) groups is 2. The molecule has 0 saturated heterocycles. The summed E-state index contributed by atoms with van der Waals surface area (Å²) < 4.78 is 4.83. The van der Waals surface area contributed by atoms with Crippen LogP contribution in [0.1, 0.15) is 20.3 Å². The second-order valence-electron chi connectivity index (χ2n) is 3.99. The predicted octanol–water partition coefficient (Wildman–Crippen LogP) is 0.189. The number of carbonyl (C=O) groups excluding carboxylic acids is 2. The van der Waals surface area contributed by atoms with E-state index in [9.17, 15) is 9.59 Å². The fourth-order valence-corrected chi connectivity index (χ4v) is 1.19. The highest BCUT2D eigenvalue weighted by Crippen LogP contribution is 1.93. The Labute approximate surface area is 103 Å². The van der Waals surface area contributed by atoms with E-state index >= 15 is 0 Å². The number of nitrogens with one attached hydrogen (secondary N) is 2. The van der Waals surface area contributed by atoms with Gasteiger partial charge in [0, 0.05) is 33.2 Å². The summed E-state index contributed by atoms with van der Waals surface area (Å²) in [4.78, 5) is 23.8. The maximum Gasteiger partial charge on any atom is 0.316 e. The average molecular weight is 245 g/mol. The zero-order chi connectivity index (χ0) is 13.3. The molecule has 0 heterocycles. The van der Waals surface area contributed by atoms with Gasteiger partial charge in [-0.2, -0.15) is 0 Å². The number of esters is 1. The van der Waals surface area contributed by atoms with Crippen molar-refractivity contribution in [3.05, 3.63) is 0 Å². The molecule has 0 bridgehead atoms. The molecule has 0 spiro atoms. The summed E-state index contributed by atoms with van der Waals surface area (Å²) in [6.07, 6.45) is 0.343. The van der Waals surface area contributed by atoms with E-state index in [0.717, 1.165) is 0 Å². The molecular formula is C11H23N3O3. The van der Waals surface area contributed by atoms with Gasteiger partial charge in [-0.05, 0) is 13.8 Å². The van der Waals surface area contributed by atoms with E-state index in [2.05, 4.69) is 10.6 Å². The van der Waals surface area contributed by atoms with Gasteiger partial charge in [-0.25, -0.2) is 4.79 Å². The molecular weight excluding hydrogens is 222 g/mol. The van der Waals surface area contributed by atoms with E-state index in [4.69, 9.17) is 4.74 Å². The molecule has 6 nitrogen and oxygen atoms in total. The number of amides is 2. The number of urea groups is 1. The van der Waals surface area contributed by atoms with Crippen LogP contribution in [0.25, 0.3) is 0 Å². The largest absolute Gasteiger partial charge is 0.466 e. The topological polar surface area (TPSA) is 70.7 Å². The fourth-order valence-electron chi connectivity index (χ4n) is 1.19. The molecule has 0 aliphatic heterocycles.